The van der Waals surface area contributed by atoms with Gasteiger partial charge in [0.15, 0.2) is 0 Å². The molecular weight excluding hydrogens is 348 g/mol. The first-order valence-corrected chi connectivity index (χ1v) is 10.3. The summed E-state index contributed by atoms with van der Waals surface area (Å²) in [6, 6.07) is 8.64. The highest BCUT2D eigenvalue weighted by molar-refractivity contribution is 5.76. The number of amides is 1. The van der Waals surface area contributed by atoms with E-state index in [9.17, 15) is 4.79 Å². The first-order chi connectivity index (χ1) is 13.4. The molecule has 1 saturated heterocycles. The molecule has 0 bridgehead atoms. The number of hydrogen-bond donors (Lipinski definition) is 0. The summed E-state index contributed by atoms with van der Waals surface area (Å²) in [5.74, 6) is 2.46. The van der Waals surface area contributed by atoms with E-state index in [1.54, 1.807) is 0 Å². The zero-order chi connectivity index (χ0) is 20.3. The summed E-state index contributed by atoms with van der Waals surface area (Å²) in [6.07, 6.45) is 1.40. The van der Waals surface area contributed by atoms with E-state index in [4.69, 9.17) is 9.97 Å². The van der Waals surface area contributed by atoms with E-state index in [-0.39, 0.29) is 11.8 Å². The first-order valence-electron chi connectivity index (χ1n) is 10.3. The van der Waals surface area contributed by atoms with E-state index < -0.39 is 0 Å². The van der Waals surface area contributed by atoms with Crippen LogP contribution in [-0.4, -0.2) is 47.0 Å². The van der Waals surface area contributed by atoms with Crippen molar-refractivity contribution in [2.75, 3.05) is 31.1 Å². The number of rotatable bonds is 5. The lowest BCUT2D eigenvalue weighted by Crippen LogP contribution is -2.49. The Morgan fingerprint density at radius 2 is 1.82 bits per heavy atom. The maximum Gasteiger partial charge on any atom is 0.222 e. The summed E-state index contributed by atoms with van der Waals surface area (Å²) in [4.78, 5) is 26.1. The molecular formula is C23H32N4O. The van der Waals surface area contributed by atoms with Gasteiger partial charge in [-0.05, 0) is 19.4 Å². The highest BCUT2D eigenvalue weighted by Gasteiger charge is 2.24. The Morgan fingerprint density at radius 1 is 1.11 bits per heavy atom. The molecule has 0 saturated carbocycles. The molecule has 1 aliphatic heterocycles. The van der Waals surface area contributed by atoms with Crippen LogP contribution in [0.5, 0.6) is 0 Å². The van der Waals surface area contributed by atoms with Crippen molar-refractivity contribution in [3.05, 3.63) is 52.5 Å². The van der Waals surface area contributed by atoms with E-state index in [0.717, 1.165) is 49.9 Å². The molecule has 0 atom stereocenters. The third-order valence-electron chi connectivity index (χ3n) is 5.42. The number of hydrogen-bond acceptors (Lipinski definition) is 4. The van der Waals surface area contributed by atoms with Crippen LogP contribution in [0, 0.1) is 13.8 Å². The van der Waals surface area contributed by atoms with Crippen LogP contribution < -0.4 is 4.90 Å². The number of aromatic nitrogens is 2. The molecule has 1 amide bonds. The molecule has 28 heavy (non-hydrogen) atoms. The average molecular weight is 381 g/mol. The number of anilines is 1. The third kappa shape index (κ3) is 4.51. The normalized spacial score (nSPS) is 14.6. The second kappa shape index (κ2) is 8.72. The number of benzene rings is 1. The summed E-state index contributed by atoms with van der Waals surface area (Å²) in [7, 11) is 0. The van der Waals surface area contributed by atoms with Crippen LogP contribution in [0.1, 0.15) is 61.3 Å². The van der Waals surface area contributed by atoms with Crippen LogP contribution in [0.25, 0.3) is 0 Å². The van der Waals surface area contributed by atoms with Crippen molar-refractivity contribution in [2.24, 2.45) is 0 Å². The summed E-state index contributed by atoms with van der Waals surface area (Å²) >= 11 is 0. The molecule has 1 aromatic heterocycles. The van der Waals surface area contributed by atoms with Gasteiger partial charge in [0.25, 0.3) is 0 Å². The van der Waals surface area contributed by atoms with Crippen LogP contribution in [-0.2, 0) is 11.2 Å². The highest BCUT2D eigenvalue weighted by atomic mass is 16.2. The number of piperazine rings is 1. The number of carbonyl (C=O) groups is 1. The maximum atomic E-state index is 12.0. The lowest BCUT2D eigenvalue weighted by Gasteiger charge is -2.36. The van der Waals surface area contributed by atoms with Crippen molar-refractivity contribution in [3.63, 3.8) is 0 Å². The molecule has 1 aliphatic rings. The van der Waals surface area contributed by atoms with Gasteiger partial charge >= 0.3 is 0 Å². The Labute approximate surface area is 168 Å². The standard InChI is InChI=1S/C23H32N4O/c1-6-21(28)26-10-12-27(13-11-26)23-20(15-19-9-7-8-17(4)14-19)18(5)24-22(25-23)16(2)3/h7-9,14,16H,6,10-13,15H2,1-5H3. The lowest BCUT2D eigenvalue weighted by molar-refractivity contribution is -0.131. The van der Waals surface area contributed by atoms with Gasteiger partial charge in [-0.15, -0.1) is 0 Å². The molecule has 0 radical (unpaired) electrons. The third-order valence-corrected chi connectivity index (χ3v) is 5.42. The van der Waals surface area contributed by atoms with Crippen molar-refractivity contribution in [1.29, 1.82) is 0 Å². The van der Waals surface area contributed by atoms with Gasteiger partial charge in [0, 0.05) is 56.2 Å². The van der Waals surface area contributed by atoms with Crippen LogP contribution in [0.4, 0.5) is 5.82 Å². The van der Waals surface area contributed by atoms with Gasteiger partial charge in [0.2, 0.25) is 5.91 Å². The topological polar surface area (TPSA) is 49.3 Å². The molecule has 1 aromatic carbocycles. The number of nitrogens with zero attached hydrogens (tertiary/aromatic N) is 4. The Hall–Kier alpha value is -2.43. The Morgan fingerprint density at radius 3 is 2.43 bits per heavy atom. The van der Waals surface area contributed by atoms with E-state index in [1.165, 1.54) is 16.7 Å². The Bertz CT molecular complexity index is 838. The van der Waals surface area contributed by atoms with E-state index >= 15 is 0 Å². The van der Waals surface area contributed by atoms with Crippen molar-refractivity contribution < 1.29 is 4.79 Å². The fraction of sp³-hybridized carbons (Fsp3) is 0.522. The van der Waals surface area contributed by atoms with E-state index in [0.29, 0.717) is 6.42 Å². The van der Waals surface area contributed by atoms with Crippen LogP contribution >= 0.6 is 0 Å². The molecule has 2 aromatic rings. The quantitative estimate of drug-likeness (QED) is 0.790. The largest absolute Gasteiger partial charge is 0.353 e. The summed E-state index contributed by atoms with van der Waals surface area (Å²) in [5.41, 5.74) is 4.81. The molecule has 0 aliphatic carbocycles. The van der Waals surface area contributed by atoms with Gasteiger partial charge in [-0.1, -0.05) is 50.6 Å². The second-order valence-electron chi connectivity index (χ2n) is 8.01. The average Bonchev–Trinajstić information content (AvgIpc) is 2.68. The maximum absolute atomic E-state index is 12.0. The van der Waals surface area contributed by atoms with E-state index in [1.807, 2.05) is 11.8 Å². The lowest BCUT2D eigenvalue weighted by atomic mass is 10.0. The molecule has 5 heteroatoms. The zero-order valence-electron chi connectivity index (χ0n) is 17.8. The minimum Gasteiger partial charge on any atom is -0.353 e. The summed E-state index contributed by atoms with van der Waals surface area (Å²) in [6.45, 7) is 13.6. The zero-order valence-corrected chi connectivity index (χ0v) is 17.8. The molecule has 3 rings (SSSR count). The second-order valence-corrected chi connectivity index (χ2v) is 8.01. The van der Waals surface area contributed by atoms with Gasteiger partial charge in [-0.3, -0.25) is 4.79 Å². The van der Waals surface area contributed by atoms with Crippen LogP contribution in [0.2, 0.25) is 0 Å². The van der Waals surface area contributed by atoms with Crippen LogP contribution in [0.15, 0.2) is 24.3 Å². The molecule has 0 spiro atoms. The van der Waals surface area contributed by atoms with Gasteiger partial charge in [0.05, 0.1) is 0 Å². The minimum atomic E-state index is 0.237. The SMILES string of the molecule is CCC(=O)N1CCN(c2nc(C(C)C)nc(C)c2Cc2cccc(C)c2)CC1. The molecule has 0 N–H and O–H groups in total. The molecule has 2 heterocycles. The molecule has 150 valence electrons. The van der Waals surface area contributed by atoms with Crippen molar-refractivity contribution in [2.45, 2.75) is 53.4 Å². The number of carbonyl (C=O) groups excluding carboxylic acids is 1. The first kappa shape index (κ1) is 20.3. The predicted molar refractivity (Wildman–Crippen MR) is 114 cm³/mol. The fourth-order valence-electron chi connectivity index (χ4n) is 3.75. The Balaban J connectivity index is 1.92. The van der Waals surface area contributed by atoms with Gasteiger partial charge in [-0.25, -0.2) is 9.97 Å². The smallest absolute Gasteiger partial charge is 0.222 e. The fourth-order valence-corrected chi connectivity index (χ4v) is 3.75. The van der Waals surface area contributed by atoms with E-state index in [2.05, 4.69) is 56.9 Å². The Kier molecular flexibility index (Phi) is 6.32. The van der Waals surface area contributed by atoms with Gasteiger partial charge < -0.3 is 9.80 Å². The highest BCUT2D eigenvalue weighted by Crippen LogP contribution is 2.27. The molecule has 0 unspecified atom stereocenters. The van der Waals surface area contributed by atoms with Crippen molar-refractivity contribution in [3.8, 4) is 0 Å². The predicted octanol–water partition coefficient (Wildman–Crippen LogP) is 3.87. The van der Waals surface area contributed by atoms with Crippen molar-refractivity contribution in [1.82, 2.24) is 14.9 Å². The summed E-state index contributed by atoms with van der Waals surface area (Å²) < 4.78 is 0. The van der Waals surface area contributed by atoms with Crippen LogP contribution in [0.3, 0.4) is 0 Å². The van der Waals surface area contributed by atoms with Gasteiger partial charge in [-0.2, -0.15) is 0 Å². The van der Waals surface area contributed by atoms with Crippen molar-refractivity contribution >= 4 is 11.7 Å². The number of aryl methyl sites for hydroxylation is 2. The summed E-state index contributed by atoms with van der Waals surface area (Å²) in [5, 5.41) is 0. The molecule has 1 fully saturated rings. The minimum absolute atomic E-state index is 0.237. The molecule has 5 nitrogen and oxygen atoms in total. The van der Waals surface area contributed by atoms with Gasteiger partial charge in [0.1, 0.15) is 11.6 Å². The monoisotopic (exact) mass is 380 g/mol.